The predicted octanol–water partition coefficient (Wildman–Crippen LogP) is 0.555. The Bertz CT molecular complexity index is 767. The molecule has 25 heavy (non-hydrogen) atoms. The second-order valence-electron chi connectivity index (χ2n) is 5.83. The molecule has 1 saturated heterocycles. The summed E-state index contributed by atoms with van der Waals surface area (Å²) in [6.45, 7) is 3.64. The van der Waals surface area contributed by atoms with Gasteiger partial charge in [0.2, 0.25) is 0 Å². The van der Waals surface area contributed by atoms with Crippen molar-refractivity contribution in [2.45, 2.75) is 6.54 Å². The van der Waals surface area contributed by atoms with Gasteiger partial charge in [0.05, 0.1) is 0 Å². The van der Waals surface area contributed by atoms with Crippen molar-refractivity contribution in [2.75, 3.05) is 37.7 Å². The van der Waals surface area contributed by atoms with Crippen LogP contribution < -0.4 is 15.2 Å². The van der Waals surface area contributed by atoms with Gasteiger partial charge in [0.25, 0.3) is 5.56 Å². The Morgan fingerprint density at radius 2 is 1.92 bits per heavy atom. The number of nitrogens with zero attached hydrogens (tertiary/aromatic N) is 3. The number of nitrogens with one attached hydrogen (secondary N) is 1. The number of carboxylic acid groups (broad SMARTS) is 1. The summed E-state index contributed by atoms with van der Waals surface area (Å²) in [6, 6.07) is 7.43. The van der Waals surface area contributed by atoms with Crippen LogP contribution in [-0.4, -0.2) is 58.7 Å². The van der Waals surface area contributed by atoms with Gasteiger partial charge in [-0.05, 0) is 17.7 Å². The van der Waals surface area contributed by atoms with Crippen LogP contribution in [0.3, 0.4) is 0 Å². The molecule has 8 nitrogen and oxygen atoms in total. The number of hydrogen-bond donors (Lipinski definition) is 2. The molecule has 0 radical (unpaired) electrons. The number of carbonyl (C=O) groups is 1. The number of ether oxygens (including phenoxy) is 1. The number of carboxylic acids is 1. The van der Waals surface area contributed by atoms with Crippen molar-refractivity contribution in [3.8, 4) is 5.75 Å². The van der Waals surface area contributed by atoms with Gasteiger partial charge in [-0.15, -0.1) is 0 Å². The third-order valence-corrected chi connectivity index (χ3v) is 4.05. The molecule has 1 aliphatic rings. The highest BCUT2D eigenvalue weighted by molar-refractivity contribution is 5.68. The number of H-pyrrole nitrogens is 1. The molecule has 0 aliphatic carbocycles. The van der Waals surface area contributed by atoms with E-state index in [1.165, 1.54) is 6.20 Å². The smallest absolute Gasteiger partial charge is 0.341 e. The van der Waals surface area contributed by atoms with Crippen LogP contribution in [0.2, 0.25) is 0 Å². The van der Waals surface area contributed by atoms with Crippen LogP contribution in [0.25, 0.3) is 0 Å². The normalized spacial score (nSPS) is 15.1. The monoisotopic (exact) mass is 344 g/mol. The molecule has 1 aromatic heterocycles. The molecule has 2 aromatic rings. The van der Waals surface area contributed by atoms with E-state index in [1.54, 1.807) is 18.3 Å². The Morgan fingerprint density at radius 1 is 1.20 bits per heavy atom. The minimum absolute atomic E-state index is 0.159. The maximum Gasteiger partial charge on any atom is 0.341 e. The molecule has 0 amide bonds. The quantitative estimate of drug-likeness (QED) is 0.790. The number of aromatic nitrogens is 2. The average Bonchev–Trinajstić information content (AvgIpc) is 2.62. The molecule has 0 unspecified atom stereocenters. The molecule has 1 aliphatic heterocycles. The summed E-state index contributed by atoms with van der Waals surface area (Å²) in [5, 5.41) is 8.61. The third kappa shape index (κ3) is 4.57. The fraction of sp³-hybridized carbons (Fsp3) is 0.353. The van der Waals surface area contributed by atoms with Crippen LogP contribution >= 0.6 is 0 Å². The van der Waals surface area contributed by atoms with Crippen LogP contribution in [0.15, 0.2) is 41.5 Å². The SMILES string of the molecule is O=C(O)COc1ccc(CN2CCN(c3ncc[nH]c3=O)CC2)cc1. The van der Waals surface area contributed by atoms with E-state index in [0.29, 0.717) is 11.6 Å². The third-order valence-electron chi connectivity index (χ3n) is 4.05. The largest absolute Gasteiger partial charge is 0.482 e. The van der Waals surface area contributed by atoms with E-state index in [4.69, 9.17) is 9.84 Å². The second kappa shape index (κ2) is 7.80. The number of aromatic amines is 1. The zero-order valence-corrected chi connectivity index (χ0v) is 13.7. The molecular formula is C17H20N4O4. The first-order valence-corrected chi connectivity index (χ1v) is 8.06. The zero-order chi connectivity index (χ0) is 17.6. The summed E-state index contributed by atoms with van der Waals surface area (Å²) < 4.78 is 5.13. The number of benzene rings is 1. The van der Waals surface area contributed by atoms with E-state index in [0.717, 1.165) is 38.3 Å². The molecular weight excluding hydrogens is 324 g/mol. The predicted molar refractivity (Wildman–Crippen MR) is 91.9 cm³/mol. The van der Waals surface area contributed by atoms with Gasteiger partial charge in [-0.25, -0.2) is 9.78 Å². The topological polar surface area (TPSA) is 98.8 Å². The van der Waals surface area contributed by atoms with Crippen LogP contribution in [0.4, 0.5) is 5.82 Å². The van der Waals surface area contributed by atoms with E-state index in [1.807, 2.05) is 17.0 Å². The van der Waals surface area contributed by atoms with Crippen molar-refractivity contribution in [2.24, 2.45) is 0 Å². The molecule has 2 N–H and O–H groups in total. The Labute approximate surface area is 144 Å². The lowest BCUT2D eigenvalue weighted by Crippen LogP contribution is -2.47. The Hall–Kier alpha value is -2.87. The Balaban J connectivity index is 1.51. The van der Waals surface area contributed by atoms with Crippen LogP contribution in [0, 0.1) is 0 Å². The number of aliphatic carboxylic acids is 1. The van der Waals surface area contributed by atoms with E-state index < -0.39 is 5.97 Å². The Kier molecular flexibility index (Phi) is 5.30. The first-order chi connectivity index (χ1) is 12.1. The van der Waals surface area contributed by atoms with Gasteiger partial charge < -0.3 is 19.7 Å². The summed E-state index contributed by atoms with van der Waals surface area (Å²) in [4.78, 5) is 33.4. The fourth-order valence-corrected chi connectivity index (χ4v) is 2.78. The minimum atomic E-state index is -0.992. The van der Waals surface area contributed by atoms with E-state index >= 15 is 0 Å². The minimum Gasteiger partial charge on any atom is -0.482 e. The molecule has 0 spiro atoms. The van der Waals surface area contributed by atoms with Crippen molar-refractivity contribution < 1.29 is 14.6 Å². The second-order valence-corrected chi connectivity index (χ2v) is 5.83. The van der Waals surface area contributed by atoms with Crippen LogP contribution in [-0.2, 0) is 11.3 Å². The Morgan fingerprint density at radius 3 is 2.56 bits per heavy atom. The molecule has 132 valence electrons. The van der Waals surface area contributed by atoms with Crippen LogP contribution in [0.5, 0.6) is 5.75 Å². The molecule has 0 saturated carbocycles. The maximum absolute atomic E-state index is 11.8. The van der Waals surface area contributed by atoms with Gasteiger partial charge in [-0.3, -0.25) is 9.69 Å². The van der Waals surface area contributed by atoms with Gasteiger partial charge in [0.1, 0.15) is 5.75 Å². The summed E-state index contributed by atoms with van der Waals surface area (Å²) in [6.07, 6.45) is 3.13. The summed E-state index contributed by atoms with van der Waals surface area (Å²) in [7, 11) is 0. The fourth-order valence-electron chi connectivity index (χ4n) is 2.78. The van der Waals surface area contributed by atoms with Gasteiger partial charge >= 0.3 is 5.97 Å². The standard InChI is InChI=1S/C17H20N4O4/c22-15(23)12-25-14-3-1-13(2-4-14)11-20-7-9-21(10-8-20)16-17(24)19-6-5-18-16/h1-6H,7-12H2,(H,19,24)(H,22,23). The van der Waals surface area contributed by atoms with Gasteiger partial charge in [0, 0.05) is 45.1 Å². The summed E-state index contributed by atoms with van der Waals surface area (Å²) in [5.74, 6) is 0.0288. The van der Waals surface area contributed by atoms with Gasteiger partial charge in [0.15, 0.2) is 12.4 Å². The molecule has 0 bridgehead atoms. The average molecular weight is 344 g/mol. The molecule has 1 aromatic carbocycles. The number of anilines is 1. The highest BCUT2D eigenvalue weighted by Crippen LogP contribution is 2.15. The van der Waals surface area contributed by atoms with E-state index in [2.05, 4.69) is 14.9 Å². The van der Waals surface area contributed by atoms with Crippen molar-refractivity contribution >= 4 is 11.8 Å². The highest BCUT2D eigenvalue weighted by Gasteiger charge is 2.19. The van der Waals surface area contributed by atoms with Crippen molar-refractivity contribution in [3.63, 3.8) is 0 Å². The highest BCUT2D eigenvalue weighted by atomic mass is 16.5. The molecule has 8 heteroatoms. The summed E-state index contributed by atoms with van der Waals surface area (Å²) in [5.41, 5.74) is 0.972. The molecule has 3 rings (SSSR count). The number of piperazine rings is 1. The lowest BCUT2D eigenvalue weighted by atomic mass is 10.2. The van der Waals surface area contributed by atoms with Crippen LogP contribution in [0.1, 0.15) is 5.56 Å². The lowest BCUT2D eigenvalue weighted by molar-refractivity contribution is -0.139. The van der Waals surface area contributed by atoms with E-state index in [-0.39, 0.29) is 12.2 Å². The maximum atomic E-state index is 11.8. The van der Waals surface area contributed by atoms with Crippen molar-refractivity contribution in [3.05, 3.63) is 52.6 Å². The molecule has 2 heterocycles. The first kappa shape index (κ1) is 17.0. The van der Waals surface area contributed by atoms with Crippen molar-refractivity contribution in [1.29, 1.82) is 0 Å². The van der Waals surface area contributed by atoms with Gasteiger partial charge in [-0.1, -0.05) is 12.1 Å². The first-order valence-electron chi connectivity index (χ1n) is 8.06. The van der Waals surface area contributed by atoms with Gasteiger partial charge in [-0.2, -0.15) is 0 Å². The molecule has 1 fully saturated rings. The van der Waals surface area contributed by atoms with E-state index in [9.17, 15) is 9.59 Å². The number of hydrogen-bond acceptors (Lipinski definition) is 6. The zero-order valence-electron chi connectivity index (χ0n) is 13.7. The molecule has 0 atom stereocenters. The lowest BCUT2D eigenvalue weighted by Gasteiger charge is -2.34. The number of rotatable bonds is 6. The summed E-state index contributed by atoms with van der Waals surface area (Å²) >= 11 is 0. The van der Waals surface area contributed by atoms with Crippen molar-refractivity contribution in [1.82, 2.24) is 14.9 Å².